The van der Waals surface area contributed by atoms with E-state index in [4.69, 9.17) is 23.7 Å². The van der Waals surface area contributed by atoms with Crippen LogP contribution in [0, 0.1) is 0 Å². The van der Waals surface area contributed by atoms with Crippen LogP contribution in [0.5, 0.6) is 0 Å². The Kier molecular flexibility index (Phi) is 11.8. The molecule has 0 N–H and O–H groups in total. The van der Waals surface area contributed by atoms with Gasteiger partial charge in [0.25, 0.3) is 0 Å². The van der Waals surface area contributed by atoms with Crippen LogP contribution in [-0.2, 0) is 36.8 Å². The van der Waals surface area contributed by atoms with Crippen LogP contribution in [0.1, 0.15) is 0 Å². The van der Waals surface area contributed by atoms with Crippen LogP contribution in [0.15, 0.2) is 18.7 Å². The van der Waals surface area contributed by atoms with Crippen molar-refractivity contribution in [2.24, 2.45) is 0 Å². The minimum absolute atomic E-state index is 0.605. The number of rotatable bonds is 15. The third-order valence-corrected chi connectivity index (χ3v) is 2.97. The summed E-state index contributed by atoms with van der Waals surface area (Å²) in [6.45, 7) is 6.76. The number of methoxy groups -OCH3 is 2. The molecule has 7 nitrogen and oxygen atoms in total. The Balaban J connectivity index is 1.98. The fourth-order valence-electron chi connectivity index (χ4n) is 1.75. The highest BCUT2D eigenvalue weighted by Crippen LogP contribution is 1.88. The van der Waals surface area contributed by atoms with Crippen molar-refractivity contribution in [1.29, 1.82) is 0 Å². The maximum atomic E-state index is 5.52. The predicted octanol–water partition coefficient (Wildman–Crippen LogP) is 0.118. The van der Waals surface area contributed by atoms with Crippen LogP contribution in [0.2, 0.25) is 0 Å². The second kappa shape index (κ2) is 13.7. The zero-order valence-corrected chi connectivity index (χ0v) is 13.7. The van der Waals surface area contributed by atoms with E-state index in [9.17, 15) is 0 Å². The van der Waals surface area contributed by atoms with Gasteiger partial charge in [-0.15, -0.1) is 0 Å². The van der Waals surface area contributed by atoms with E-state index in [2.05, 4.69) is 15.5 Å². The van der Waals surface area contributed by atoms with E-state index >= 15 is 0 Å². The Hall–Kier alpha value is -0.990. The molecular weight excluding hydrogens is 288 g/mol. The molecule has 1 heterocycles. The molecule has 0 amide bonds. The van der Waals surface area contributed by atoms with Crippen molar-refractivity contribution in [3.63, 3.8) is 0 Å². The fourth-order valence-corrected chi connectivity index (χ4v) is 1.75. The highest BCUT2D eigenvalue weighted by molar-refractivity contribution is 4.65. The molecule has 0 aliphatic rings. The first-order valence-corrected chi connectivity index (χ1v) is 7.62. The van der Waals surface area contributed by atoms with E-state index in [0.717, 1.165) is 13.1 Å². The van der Waals surface area contributed by atoms with Gasteiger partial charge in [-0.3, -0.25) is 0 Å². The number of hydrogen-bond donors (Lipinski definition) is 0. The molecule has 0 aliphatic carbocycles. The third kappa shape index (κ3) is 9.86. The summed E-state index contributed by atoms with van der Waals surface area (Å²) in [5.74, 6) is 0. The van der Waals surface area contributed by atoms with E-state index in [0.29, 0.717) is 52.9 Å². The SMILES string of the molecule is COCCOCCOCCn1cc[n+](CCOCCOC)c1. The molecule has 0 unspecified atom stereocenters. The number of ether oxygens (including phenoxy) is 5. The van der Waals surface area contributed by atoms with E-state index < -0.39 is 0 Å². The lowest BCUT2D eigenvalue weighted by Gasteiger charge is -2.04. The summed E-state index contributed by atoms with van der Waals surface area (Å²) >= 11 is 0. The minimum atomic E-state index is 0.605. The maximum absolute atomic E-state index is 5.52. The van der Waals surface area contributed by atoms with E-state index in [1.807, 2.05) is 12.4 Å². The quantitative estimate of drug-likeness (QED) is 0.340. The van der Waals surface area contributed by atoms with Gasteiger partial charge in [0.2, 0.25) is 6.33 Å². The molecule has 0 saturated heterocycles. The second-order valence-corrected chi connectivity index (χ2v) is 4.71. The first-order valence-electron chi connectivity index (χ1n) is 7.62. The van der Waals surface area contributed by atoms with Crippen molar-refractivity contribution < 1.29 is 28.3 Å². The van der Waals surface area contributed by atoms with Gasteiger partial charge >= 0.3 is 0 Å². The summed E-state index contributed by atoms with van der Waals surface area (Å²) in [6.07, 6.45) is 6.12. The smallest absolute Gasteiger partial charge is 0.243 e. The molecule has 0 bridgehead atoms. The summed E-state index contributed by atoms with van der Waals surface area (Å²) in [5.41, 5.74) is 0. The molecular formula is C15H29N2O5+. The normalized spacial score (nSPS) is 11.2. The molecule has 0 fully saturated rings. The Bertz CT molecular complexity index is 359. The molecule has 1 rings (SSSR count). The average Bonchev–Trinajstić information content (AvgIpc) is 2.97. The molecule has 128 valence electrons. The summed E-state index contributed by atoms with van der Waals surface area (Å²) < 4.78 is 30.3. The summed E-state index contributed by atoms with van der Waals surface area (Å²) in [4.78, 5) is 0. The van der Waals surface area contributed by atoms with Gasteiger partial charge in [-0.1, -0.05) is 0 Å². The molecule has 0 saturated carbocycles. The molecule has 7 heteroatoms. The summed E-state index contributed by atoms with van der Waals surface area (Å²) in [7, 11) is 3.33. The van der Waals surface area contributed by atoms with Gasteiger partial charge in [0.15, 0.2) is 0 Å². The van der Waals surface area contributed by atoms with Crippen LogP contribution in [-0.4, -0.2) is 71.6 Å². The van der Waals surface area contributed by atoms with Crippen molar-refractivity contribution in [2.75, 3.05) is 67.1 Å². The van der Waals surface area contributed by atoms with Gasteiger partial charge in [-0.05, 0) is 0 Å². The van der Waals surface area contributed by atoms with Crippen LogP contribution in [0.3, 0.4) is 0 Å². The van der Waals surface area contributed by atoms with Crippen LogP contribution in [0.25, 0.3) is 0 Å². The number of imidazole rings is 1. The fraction of sp³-hybridized carbons (Fsp3) is 0.800. The van der Waals surface area contributed by atoms with Gasteiger partial charge in [-0.25, -0.2) is 9.13 Å². The standard InChI is InChI=1S/C15H29N2O5/c1-18-9-11-20-7-5-16-3-4-17(15-16)6-8-21-13-14-22-12-10-19-2/h3-4,15H,5-14H2,1-2H3/q+1. The molecule has 1 aromatic heterocycles. The van der Waals surface area contributed by atoms with Crippen molar-refractivity contribution in [3.05, 3.63) is 18.7 Å². The summed E-state index contributed by atoms with van der Waals surface area (Å²) in [6, 6.07) is 0. The lowest BCUT2D eigenvalue weighted by molar-refractivity contribution is -0.698. The van der Waals surface area contributed by atoms with E-state index in [-0.39, 0.29) is 0 Å². The van der Waals surface area contributed by atoms with Gasteiger partial charge in [0, 0.05) is 14.2 Å². The van der Waals surface area contributed by atoms with E-state index in [1.165, 1.54) is 0 Å². The molecule has 0 atom stereocenters. The largest absolute Gasteiger partial charge is 0.382 e. The second-order valence-electron chi connectivity index (χ2n) is 4.71. The number of hydrogen-bond acceptors (Lipinski definition) is 5. The average molecular weight is 317 g/mol. The molecule has 0 spiro atoms. The van der Waals surface area contributed by atoms with Gasteiger partial charge in [-0.2, -0.15) is 0 Å². The predicted molar refractivity (Wildman–Crippen MR) is 80.8 cm³/mol. The minimum Gasteiger partial charge on any atom is -0.382 e. The summed E-state index contributed by atoms with van der Waals surface area (Å²) in [5, 5.41) is 0. The first-order chi connectivity index (χ1) is 10.9. The monoisotopic (exact) mass is 317 g/mol. The maximum Gasteiger partial charge on any atom is 0.243 e. The lowest BCUT2D eigenvalue weighted by Crippen LogP contribution is -2.34. The Labute approximate surface area is 132 Å². The lowest BCUT2D eigenvalue weighted by atomic mass is 10.6. The first kappa shape index (κ1) is 19.1. The Morgan fingerprint density at radius 2 is 1.36 bits per heavy atom. The van der Waals surface area contributed by atoms with Crippen LogP contribution < -0.4 is 4.57 Å². The zero-order valence-electron chi connectivity index (χ0n) is 13.7. The zero-order chi connectivity index (χ0) is 15.9. The third-order valence-electron chi connectivity index (χ3n) is 2.97. The van der Waals surface area contributed by atoms with Crippen LogP contribution in [0.4, 0.5) is 0 Å². The van der Waals surface area contributed by atoms with Crippen molar-refractivity contribution >= 4 is 0 Å². The highest BCUT2D eigenvalue weighted by atomic mass is 16.5. The Morgan fingerprint density at radius 3 is 2.05 bits per heavy atom. The highest BCUT2D eigenvalue weighted by Gasteiger charge is 2.03. The van der Waals surface area contributed by atoms with Crippen molar-refractivity contribution in [2.45, 2.75) is 13.1 Å². The van der Waals surface area contributed by atoms with Crippen molar-refractivity contribution in [3.8, 4) is 0 Å². The van der Waals surface area contributed by atoms with Crippen LogP contribution >= 0.6 is 0 Å². The van der Waals surface area contributed by atoms with Gasteiger partial charge in [0.1, 0.15) is 25.5 Å². The molecule has 22 heavy (non-hydrogen) atoms. The molecule has 0 aromatic carbocycles. The van der Waals surface area contributed by atoms with E-state index in [1.54, 1.807) is 14.2 Å². The topological polar surface area (TPSA) is 55.0 Å². The number of nitrogens with zero attached hydrogens (tertiary/aromatic N) is 2. The number of aromatic nitrogens is 2. The van der Waals surface area contributed by atoms with Gasteiger partial charge in [0.05, 0.1) is 52.9 Å². The van der Waals surface area contributed by atoms with Gasteiger partial charge < -0.3 is 23.7 Å². The Morgan fingerprint density at radius 1 is 0.773 bits per heavy atom. The molecule has 1 aromatic rings. The van der Waals surface area contributed by atoms with Crippen molar-refractivity contribution in [1.82, 2.24) is 4.57 Å². The molecule has 0 aliphatic heterocycles. The molecule has 0 radical (unpaired) electrons.